The van der Waals surface area contributed by atoms with Crippen LogP contribution in [0.3, 0.4) is 0 Å². The predicted molar refractivity (Wildman–Crippen MR) is 128 cm³/mol. The van der Waals surface area contributed by atoms with Gasteiger partial charge in [-0.2, -0.15) is 5.10 Å². The van der Waals surface area contributed by atoms with Crippen LogP contribution in [0, 0.1) is 5.92 Å². The number of benzene rings is 1. The molecule has 0 atom stereocenters. The number of hydrogen-bond acceptors (Lipinski definition) is 4. The number of rotatable bonds is 6. The number of nitrogens with one attached hydrogen (secondary N) is 3. The highest BCUT2D eigenvalue weighted by Gasteiger charge is 2.15. The Morgan fingerprint density at radius 1 is 0.906 bits per heavy atom. The van der Waals surface area contributed by atoms with Gasteiger partial charge in [-0.3, -0.25) is 15.1 Å². The molecule has 1 fully saturated rings. The van der Waals surface area contributed by atoms with E-state index in [1.165, 1.54) is 31.2 Å². The second kappa shape index (κ2) is 8.20. The molecule has 32 heavy (non-hydrogen) atoms. The second-order valence-corrected chi connectivity index (χ2v) is 8.84. The van der Waals surface area contributed by atoms with Gasteiger partial charge in [-0.15, -0.1) is 0 Å². The Morgan fingerprint density at radius 2 is 1.84 bits per heavy atom. The van der Waals surface area contributed by atoms with Crippen LogP contribution < -0.4 is 5.32 Å². The largest absolute Gasteiger partial charge is 0.353 e. The van der Waals surface area contributed by atoms with Crippen molar-refractivity contribution in [3.63, 3.8) is 0 Å². The van der Waals surface area contributed by atoms with E-state index in [0.29, 0.717) is 0 Å². The molecule has 5 aromatic rings. The highest BCUT2D eigenvalue weighted by atomic mass is 15.1. The lowest BCUT2D eigenvalue weighted by molar-refractivity contribution is 0.489. The van der Waals surface area contributed by atoms with Crippen molar-refractivity contribution < 1.29 is 0 Å². The first kappa shape index (κ1) is 19.2. The Bertz CT molecular complexity index is 1340. The normalized spacial score (nSPS) is 14.6. The van der Waals surface area contributed by atoms with Gasteiger partial charge in [-0.1, -0.05) is 18.9 Å². The number of fused-ring (bicyclic) bond motifs is 2. The third-order valence-electron chi connectivity index (χ3n) is 6.60. The molecule has 0 aliphatic heterocycles. The fourth-order valence-corrected chi connectivity index (χ4v) is 4.88. The highest BCUT2D eigenvalue weighted by Crippen LogP contribution is 2.31. The van der Waals surface area contributed by atoms with Crippen LogP contribution in [-0.4, -0.2) is 31.7 Å². The smallest absolute Gasteiger partial charge is 0.116 e. The lowest BCUT2D eigenvalue weighted by Crippen LogP contribution is -2.20. The average molecular weight is 423 g/mol. The molecule has 6 heteroatoms. The van der Waals surface area contributed by atoms with Crippen molar-refractivity contribution in [1.82, 2.24) is 30.5 Å². The van der Waals surface area contributed by atoms with Gasteiger partial charge in [0, 0.05) is 53.2 Å². The van der Waals surface area contributed by atoms with Crippen molar-refractivity contribution in [3.8, 4) is 22.5 Å². The van der Waals surface area contributed by atoms with Crippen LogP contribution in [-0.2, 0) is 6.54 Å². The third kappa shape index (κ3) is 3.67. The zero-order valence-corrected chi connectivity index (χ0v) is 17.9. The lowest BCUT2D eigenvalue weighted by atomic mass is 10.0. The SMILES string of the molecule is c1cc2[nH]c(-c3n[nH]c4ccc(-c5cncc(CNCC6CCCC6)c5)cc34)cc2cn1. The van der Waals surface area contributed by atoms with E-state index in [0.717, 1.165) is 63.3 Å². The van der Waals surface area contributed by atoms with E-state index < -0.39 is 0 Å². The molecule has 0 saturated heterocycles. The zero-order chi connectivity index (χ0) is 21.3. The van der Waals surface area contributed by atoms with Gasteiger partial charge in [0.15, 0.2) is 0 Å². The monoisotopic (exact) mass is 422 g/mol. The van der Waals surface area contributed by atoms with Crippen LogP contribution in [0.4, 0.5) is 0 Å². The molecule has 0 unspecified atom stereocenters. The molecule has 0 radical (unpaired) electrons. The van der Waals surface area contributed by atoms with Crippen LogP contribution in [0.5, 0.6) is 0 Å². The quantitative estimate of drug-likeness (QED) is 0.340. The summed E-state index contributed by atoms with van der Waals surface area (Å²) >= 11 is 0. The number of hydrogen-bond donors (Lipinski definition) is 3. The molecule has 1 aromatic carbocycles. The van der Waals surface area contributed by atoms with Gasteiger partial charge in [-0.25, -0.2) is 0 Å². The molecule has 4 heterocycles. The summed E-state index contributed by atoms with van der Waals surface area (Å²) in [5.74, 6) is 0.841. The predicted octanol–water partition coefficient (Wildman–Crippen LogP) is 5.45. The van der Waals surface area contributed by atoms with Crippen molar-refractivity contribution in [2.45, 2.75) is 32.2 Å². The van der Waals surface area contributed by atoms with Crippen molar-refractivity contribution in [3.05, 3.63) is 66.7 Å². The number of pyridine rings is 2. The molecule has 160 valence electrons. The topological polar surface area (TPSA) is 82.3 Å². The van der Waals surface area contributed by atoms with Crippen molar-refractivity contribution in [2.24, 2.45) is 5.92 Å². The van der Waals surface area contributed by atoms with Gasteiger partial charge in [-0.05, 0) is 66.8 Å². The van der Waals surface area contributed by atoms with Gasteiger partial charge in [0.2, 0.25) is 0 Å². The van der Waals surface area contributed by atoms with Crippen LogP contribution >= 0.6 is 0 Å². The molecular formula is C26H26N6. The first-order chi connectivity index (χ1) is 15.8. The van der Waals surface area contributed by atoms with E-state index in [-0.39, 0.29) is 0 Å². The van der Waals surface area contributed by atoms with E-state index in [1.54, 1.807) is 6.20 Å². The lowest BCUT2D eigenvalue weighted by Gasteiger charge is -2.11. The van der Waals surface area contributed by atoms with Gasteiger partial charge < -0.3 is 10.3 Å². The zero-order valence-electron chi connectivity index (χ0n) is 17.9. The minimum Gasteiger partial charge on any atom is -0.353 e. The summed E-state index contributed by atoms with van der Waals surface area (Å²) in [6.07, 6.45) is 13.1. The van der Waals surface area contributed by atoms with Crippen molar-refractivity contribution >= 4 is 21.8 Å². The van der Waals surface area contributed by atoms with Gasteiger partial charge >= 0.3 is 0 Å². The number of H-pyrrole nitrogens is 2. The van der Waals surface area contributed by atoms with Gasteiger partial charge in [0.1, 0.15) is 5.69 Å². The molecule has 3 N–H and O–H groups in total. The summed E-state index contributed by atoms with van der Waals surface area (Å²) in [6.45, 7) is 1.97. The minimum atomic E-state index is 0.841. The molecule has 4 aromatic heterocycles. The second-order valence-electron chi connectivity index (χ2n) is 8.84. The number of nitrogens with zero attached hydrogens (tertiary/aromatic N) is 3. The van der Waals surface area contributed by atoms with Crippen LogP contribution in [0.1, 0.15) is 31.2 Å². The molecule has 1 saturated carbocycles. The Morgan fingerprint density at radius 3 is 2.75 bits per heavy atom. The van der Waals surface area contributed by atoms with Crippen LogP contribution in [0.2, 0.25) is 0 Å². The van der Waals surface area contributed by atoms with E-state index >= 15 is 0 Å². The summed E-state index contributed by atoms with van der Waals surface area (Å²) < 4.78 is 0. The van der Waals surface area contributed by atoms with Crippen LogP contribution in [0.25, 0.3) is 44.3 Å². The highest BCUT2D eigenvalue weighted by molar-refractivity contribution is 5.97. The summed E-state index contributed by atoms with van der Waals surface area (Å²) in [6, 6.07) is 12.7. The Hall–Kier alpha value is -3.51. The maximum atomic E-state index is 4.59. The summed E-state index contributed by atoms with van der Waals surface area (Å²) in [5, 5.41) is 13.6. The van der Waals surface area contributed by atoms with Crippen LogP contribution in [0.15, 0.2) is 61.2 Å². The maximum Gasteiger partial charge on any atom is 0.116 e. The van der Waals surface area contributed by atoms with E-state index in [1.807, 2.05) is 24.7 Å². The standard InChI is InChI=1S/C26H26N6/c1-2-4-17(3-1)12-28-13-18-9-20(15-29-14-18)19-5-6-24-22(10-19)26(32-31-24)25-11-21-16-27-8-7-23(21)30-25/h5-11,14-17,28,30H,1-4,12-13H2,(H,31,32). The molecule has 0 amide bonds. The first-order valence-electron chi connectivity index (χ1n) is 11.4. The Labute approximate surface area is 186 Å². The molecule has 0 bridgehead atoms. The average Bonchev–Trinajstić information content (AvgIpc) is 3.58. The molecule has 1 aliphatic carbocycles. The molecular weight excluding hydrogens is 396 g/mol. The first-order valence-corrected chi connectivity index (χ1v) is 11.4. The third-order valence-corrected chi connectivity index (χ3v) is 6.60. The minimum absolute atomic E-state index is 0.841. The molecule has 1 aliphatic rings. The summed E-state index contributed by atoms with van der Waals surface area (Å²) in [4.78, 5) is 12.2. The van der Waals surface area contributed by atoms with Gasteiger partial charge in [0.05, 0.1) is 11.2 Å². The maximum absolute atomic E-state index is 4.59. The molecule has 6 rings (SSSR count). The number of aromatic amines is 2. The van der Waals surface area contributed by atoms with E-state index in [2.05, 4.69) is 60.8 Å². The van der Waals surface area contributed by atoms with E-state index in [4.69, 9.17) is 0 Å². The summed E-state index contributed by atoms with van der Waals surface area (Å²) in [5.41, 5.74) is 7.46. The fourth-order valence-electron chi connectivity index (χ4n) is 4.88. The summed E-state index contributed by atoms with van der Waals surface area (Å²) in [7, 11) is 0. The van der Waals surface area contributed by atoms with Crippen molar-refractivity contribution in [2.75, 3.05) is 6.54 Å². The Kier molecular flexibility index (Phi) is 4.92. The van der Waals surface area contributed by atoms with Gasteiger partial charge in [0.25, 0.3) is 0 Å². The number of aromatic nitrogens is 5. The Balaban J connectivity index is 1.28. The fraction of sp³-hybridized carbons (Fsp3) is 0.269. The van der Waals surface area contributed by atoms with E-state index in [9.17, 15) is 0 Å². The van der Waals surface area contributed by atoms with Crippen molar-refractivity contribution in [1.29, 1.82) is 0 Å². The molecule has 6 nitrogen and oxygen atoms in total. The molecule has 0 spiro atoms.